The van der Waals surface area contributed by atoms with E-state index in [2.05, 4.69) is 20.0 Å². The average Bonchev–Trinajstić information content (AvgIpc) is 2.58. The van der Waals surface area contributed by atoms with E-state index >= 15 is 0 Å². The molecule has 0 radical (unpaired) electrons. The van der Waals surface area contributed by atoms with Crippen molar-refractivity contribution in [3.05, 3.63) is 51.6 Å². The van der Waals surface area contributed by atoms with Crippen LogP contribution in [0.25, 0.3) is 0 Å². The predicted molar refractivity (Wildman–Crippen MR) is 97.2 cm³/mol. The Kier molecular flexibility index (Phi) is 5.20. The minimum absolute atomic E-state index is 0.152. The second kappa shape index (κ2) is 7.34. The van der Waals surface area contributed by atoms with Crippen molar-refractivity contribution in [2.24, 2.45) is 5.41 Å². The van der Waals surface area contributed by atoms with E-state index in [9.17, 15) is 27.6 Å². The van der Waals surface area contributed by atoms with Crippen molar-refractivity contribution in [3.63, 3.8) is 0 Å². The number of halogens is 3. The highest BCUT2D eigenvalue weighted by Crippen LogP contribution is 2.33. The summed E-state index contributed by atoms with van der Waals surface area (Å²) in [6, 6.07) is 3.72. The third kappa shape index (κ3) is 5.01. The first-order valence-electron chi connectivity index (χ1n) is 8.70. The van der Waals surface area contributed by atoms with E-state index in [1.165, 1.54) is 12.1 Å². The number of H-pyrrole nitrogens is 1. The molecule has 0 spiro atoms. The molecular formula is C19H18F3N3O4. The molecule has 0 saturated heterocycles. The minimum atomic E-state index is -4.49. The highest BCUT2D eigenvalue weighted by Gasteiger charge is 2.32. The fraction of sp³-hybridized carbons (Fsp3) is 0.368. The molecule has 0 saturated carbocycles. The Labute approximate surface area is 163 Å². The van der Waals surface area contributed by atoms with Crippen molar-refractivity contribution in [2.45, 2.75) is 32.9 Å². The van der Waals surface area contributed by atoms with Crippen LogP contribution in [-0.4, -0.2) is 34.4 Å². The molecule has 2 aromatic rings. The first kappa shape index (κ1) is 20.6. The number of alkyl halides is 3. The number of aromatic nitrogens is 2. The van der Waals surface area contributed by atoms with Crippen LogP contribution in [0.1, 0.15) is 46.7 Å². The van der Waals surface area contributed by atoms with Crippen molar-refractivity contribution in [3.8, 4) is 5.88 Å². The molecule has 0 aromatic carbocycles. The molecule has 1 aliphatic rings. The lowest BCUT2D eigenvalue weighted by atomic mass is 9.75. The molecular weight excluding hydrogens is 391 g/mol. The van der Waals surface area contributed by atoms with Crippen molar-refractivity contribution < 1.29 is 27.5 Å². The molecule has 2 N–H and O–H groups in total. The number of Topliss-reactive ketones (excluding diaryl/α,β-unsaturated/α-hetero) is 1. The van der Waals surface area contributed by atoms with Crippen LogP contribution in [0.3, 0.4) is 0 Å². The molecule has 2 heterocycles. The highest BCUT2D eigenvalue weighted by molar-refractivity contribution is 6.06. The number of amides is 1. The topological polar surface area (TPSA) is 101 Å². The van der Waals surface area contributed by atoms with Crippen LogP contribution in [0, 0.1) is 5.41 Å². The van der Waals surface area contributed by atoms with Gasteiger partial charge in [-0.2, -0.15) is 13.2 Å². The third-order valence-electron chi connectivity index (χ3n) is 4.34. The molecule has 1 amide bonds. The van der Waals surface area contributed by atoms with E-state index in [-0.39, 0.29) is 28.3 Å². The molecule has 1 aliphatic carbocycles. The average molecular weight is 409 g/mol. The van der Waals surface area contributed by atoms with Gasteiger partial charge in [0.1, 0.15) is 5.56 Å². The number of hydrogen-bond acceptors (Lipinski definition) is 5. The summed E-state index contributed by atoms with van der Waals surface area (Å²) >= 11 is 0. The molecule has 3 rings (SSSR count). The summed E-state index contributed by atoms with van der Waals surface area (Å²) in [6.07, 6.45) is -2.58. The summed E-state index contributed by atoms with van der Waals surface area (Å²) in [4.78, 5) is 43.4. The Morgan fingerprint density at radius 2 is 2.00 bits per heavy atom. The number of carbonyl (C=O) groups excluding carboxylic acids is 2. The first-order chi connectivity index (χ1) is 13.4. The van der Waals surface area contributed by atoms with E-state index in [0.717, 1.165) is 12.3 Å². The van der Waals surface area contributed by atoms with E-state index in [1.807, 2.05) is 13.8 Å². The zero-order valence-corrected chi connectivity index (χ0v) is 15.6. The largest absolute Gasteiger partial charge is 0.468 e. The molecule has 0 atom stereocenters. The molecule has 0 aliphatic heterocycles. The Morgan fingerprint density at radius 3 is 2.62 bits per heavy atom. The lowest BCUT2D eigenvalue weighted by Crippen LogP contribution is -2.32. The zero-order chi connectivity index (χ0) is 21.4. The summed E-state index contributed by atoms with van der Waals surface area (Å²) in [5.74, 6) is -1.19. The van der Waals surface area contributed by atoms with Gasteiger partial charge < -0.3 is 15.0 Å². The number of ketones is 1. The van der Waals surface area contributed by atoms with Crippen LogP contribution >= 0.6 is 0 Å². The van der Waals surface area contributed by atoms with E-state index < -0.39 is 24.2 Å². The maximum atomic E-state index is 12.4. The monoisotopic (exact) mass is 409 g/mol. The van der Waals surface area contributed by atoms with Gasteiger partial charge in [-0.3, -0.25) is 14.4 Å². The lowest BCUT2D eigenvalue weighted by Gasteiger charge is -2.29. The molecule has 2 aromatic heterocycles. The molecule has 154 valence electrons. The van der Waals surface area contributed by atoms with Gasteiger partial charge in [-0.1, -0.05) is 13.8 Å². The number of hydrogen-bond donors (Lipinski definition) is 2. The van der Waals surface area contributed by atoms with E-state index in [0.29, 0.717) is 24.1 Å². The number of pyridine rings is 2. The Balaban J connectivity index is 1.75. The second-order valence-corrected chi connectivity index (χ2v) is 7.59. The van der Waals surface area contributed by atoms with Crippen molar-refractivity contribution >= 4 is 17.4 Å². The highest BCUT2D eigenvalue weighted by atomic mass is 19.4. The summed E-state index contributed by atoms with van der Waals surface area (Å²) in [5.41, 5.74) is -0.194. The summed E-state index contributed by atoms with van der Waals surface area (Å²) in [6.45, 7) is 2.35. The second-order valence-electron chi connectivity index (χ2n) is 7.59. The molecule has 0 bridgehead atoms. The van der Waals surface area contributed by atoms with Gasteiger partial charge >= 0.3 is 6.18 Å². The Hall–Kier alpha value is -3.17. The normalized spacial score (nSPS) is 15.6. The summed E-state index contributed by atoms with van der Waals surface area (Å²) in [5, 5.41) is 2.43. The van der Waals surface area contributed by atoms with Gasteiger partial charge in [0.2, 0.25) is 5.88 Å². The number of rotatable bonds is 4. The smallest absolute Gasteiger partial charge is 0.422 e. The third-order valence-corrected chi connectivity index (χ3v) is 4.34. The van der Waals surface area contributed by atoms with Gasteiger partial charge in [0.25, 0.3) is 11.5 Å². The van der Waals surface area contributed by atoms with Crippen LogP contribution in [0.15, 0.2) is 29.2 Å². The number of ether oxygens (including phenoxy) is 1. The van der Waals surface area contributed by atoms with Gasteiger partial charge in [0.05, 0.1) is 11.9 Å². The van der Waals surface area contributed by atoms with Gasteiger partial charge in [0.15, 0.2) is 12.4 Å². The van der Waals surface area contributed by atoms with Gasteiger partial charge in [-0.15, -0.1) is 0 Å². The van der Waals surface area contributed by atoms with Crippen LogP contribution in [0.5, 0.6) is 5.88 Å². The number of nitrogens with zero attached hydrogens (tertiary/aromatic N) is 1. The predicted octanol–water partition coefficient (Wildman–Crippen LogP) is 3.12. The van der Waals surface area contributed by atoms with Crippen molar-refractivity contribution in [2.75, 3.05) is 11.9 Å². The molecule has 29 heavy (non-hydrogen) atoms. The Morgan fingerprint density at radius 1 is 1.28 bits per heavy atom. The van der Waals surface area contributed by atoms with Crippen LogP contribution in [0.2, 0.25) is 0 Å². The maximum absolute atomic E-state index is 12.4. The summed E-state index contributed by atoms with van der Waals surface area (Å²) in [7, 11) is 0. The van der Waals surface area contributed by atoms with E-state index in [1.54, 1.807) is 0 Å². The Bertz CT molecular complexity index is 1010. The number of anilines is 1. The molecule has 0 unspecified atom stereocenters. The first-order valence-corrected chi connectivity index (χ1v) is 8.70. The van der Waals surface area contributed by atoms with Crippen LogP contribution in [0.4, 0.5) is 18.9 Å². The number of carbonyl (C=O) groups is 2. The van der Waals surface area contributed by atoms with Crippen LogP contribution < -0.4 is 15.6 Å². The summed E-state index contributed by atoms with van der Waals surface area (Å²) < 4.78 is 40.9. The fourth-order valence-electron chi connectivity index (χ4n) is 3.09. The van der Waals surface area contributed by atoms with E-state index in [4.69, 9.17) is 0 Å². The number of aromatic amines is 1. The van der Waals surface area contributed by atoms with Gasteiger partial charge in [-0.05, 0) is 24.0 Å². The SMILES string of the molecule is CC1(C)CC(=O)c2cc(C(=O)Nc3ccc(OCC(F)(F)F)nc3)c(=O)[nH]c2C1. The van der Waals surface area contributed by atoms with Crippen molar-refractivity contribution in [1.29, 1.82) is 0 Å². The molecule has 7 nitrogen and oxygen atoms in total. The molecule has 10 heteroatoms. The minimum Gasteiger partial charge on any atom is -0.468 e. The van der Waals surface area contributed by atoms with Crippen molar-refractivity contribution in [1.82, 2.24) is 9.97 Å². The van der Waals surface area contributed by atoms with Crippen LogP contribution in [-0.2, 0) is 6.42 Å². The molecule has 0 fully saturated rings. The quantitative estimate of drug-likeness (QED) is 0.808. The van der Waals surface area contributed by atoms with Gasteiger partial charge in [0, 0.05) is 23.7 Å². The van der Waals surface area contributed by atoms with Gasteiger partial charge in [-0.25, -0.2) is 4.98 Å². The standard InChI is InChI=1S/C19H18F3N3O4/c1-18(2)6-13-11(14(26)7-18)5-12(17(28)25-13)16(27)24-10-3-4-15(23-8-10)29-9-19(20,21)22/h3-5,8H,6-7,9H2,1-2H3,(H,24,27)(H,25,28). The zero-order valence-electron chi connectivity index (χ0n) is 15.6. The lowest BCUT2D eigenvalue weighted by molar-refractivity contribution is -0.154. The number of nitrogens with one attached hydrogen (secondary N) is 2. The maximum Gasteiger partial charge on any atom is 0.422 e. The number of fused-ring (bicyclic) bond motifs is 1. The fourth-order valence-corrected chi connectivity index (χ4v) is 3.09.